The Hall–Kier alpha value is -1.70. The molecule has 1 aliphatic rings. The van der Waals surface area contributed by atoms with E-state index < -0.39 is 16.3 Å². The molecule has 0 spiro atoms. The molecule has 0 saturated carbocycles. The second kappa shape index (κ2) is 5.12. The van der Waals surface area contributed by atoms with Crippen LogP contribution in [0.25, 0.3) is 0 Å². The summed E-state index contributed by atoms with van der Waals surface area (Å²) >= 11 is 1.03. The number of carboxylic acid groups (broad SMARTS) is 1. The number of nitrogens with zero attached hydrogens (tertiary/aromatic N) is 3. The first-order valence-corrected chi connectivity index (χ1v) is 6.89. The Balaban J connectivity index is 2.07. The van der Waals surface area contributed by atoms with Gasteiger partial charge in [0.25, 0.3) is 0 Å². The molecule has 0 bridgehead atoms. The van der Waals surface area contributed by atoms with E-state index in [0.29, 0.717) is 37.5 Å². The minimum atomic E-state index is -0.750. The van der Waals surface area contributed by atoms with Crippen molar-refractivity contribution in [3.63, 3.8) is 0 Å². The average molecular weight is 285 g/mol. The number of aromatic nitrogens is 1. The molecule has 7 nitrogen and oxygen atoms in total. The maximum atomic E-state index is 11.3. The summed E-state index contributed by atoms with van der Waals surface area (Å²) in [6, 6.07) is 0. The standard InChI is InChI=1S/C11H15N3O4S/c1-2-11(9(15)16)3-5-13(6-4-11)10-12-7-8(19-10)14(17)18/h7H,2-6H2,1H3,(H,15,16). The van der Waals surface area contributed by atoms with Gasteiger partial charge in [0, 0.05) is 13.1 Å². The molecule has 1 saturated heterocycles. The van der Waals surface area contributed by atoms with Crippen molar-refractivity contribution in [2.45, 2.75) is 26.2 Å². The molecule has 0 aromatic carbocycles. The topological polar surface area (TPSA) is 96.6 Å². The van der Waals surface area contributed by atoms with Gasteiger partial charge in [0.1, 0.15) is 6.20 Å². The van der Waals surface area contributed by atoms with Crippen LogP contribution in [0.15, 0.2) is 6.20 Å². The first-order chi connectivity index (χ1) is 8.98. The molecule has 1 aromatic rings. The predicted molar refractivity (Wildman–Crippen MR) is 70.6 cm³/mol. The van der Waals surface area contributed by atoms with E-state index in [1.807, 2.05) is 11.8 Å². The van der Waals surface area contributed by atoms with Crippen molar-refractivity contribution in [1.82, 2.24) is 4.98 Å². The molecule has 2 heterocycles. The van der Waals surface area contributed by atoms with E-state index in [-0.39, 0.29) is 5.00 Å². The summed E-state index contributed by atoms with van der Waals surface area (Å²) in [6.45, 7) is 3.04. The van der Waals surface area contributed by atoms with Gasteiger partial charge >= 0.3 is 11.0 Å². The Morgan fingerprint density at radius 2 is 2.26 bits per heavy atom. The van der Waals surface area contributed by atoms with Gasteiger partial charge in [-0.2, -0.15) is 0 Å². The van der Waals surface area contributed by atoms with Crippen LogP contribution in [-0.2, 0) is 4.79 Å². The van der Waals surface area contributed by atoms with Gasteiger partial charge in [0.2, 0.25) is 0 Å². The van der Waals surface area contributed by atoms with E-state index >= 15 is 0 Å². The van der Waals surface area contributed by atoms with Crippen molar-refractivity contribution in [3.8, 4) is 0 Å². The van der Waals surface area contributed by atoms with Crippen LogP contribution in [0.3, 0.4) is 0 Å². The summed E-state index contributed by atoms with van der Waals surface area (Å²) in [5, 5.41) is 20.5. The van der Waals surface area contributed by atoms with E-state index in [1.54, 1.807) is 0 Å². The first kappa shape index (κ1) is 13.7. The van der Waals surface area contributed by atoms with Crippen LogP contribution in [0.1, 0.15) is 26.2 Å². The van der Waals surface area contributed by atoms with E-state index in [0.717, 1.165) is 11.3 Å². The van der Waals surface area contributed by atoms with Crippen molar-refractivity contribution >= 4 is 27.4 Å². The second-order valence-electron chi connectivity index (χ2n) is 4.66. The summed E-state index contributed by atoms with van der Waals surface area (Å²) in [5.74, 6) is -0.750. The lowest BCUT2D eigenvalue weighted by molar-refractivity contribution is -0.380. The van der Waals surface area contributed by atoms with E-state index in [9.17, 15) is 20.0 Å². The highest BCUT2D eigenvalue weighted by atomic mass is 32.1. The van der Waals surface area contributed by atoms with Crippen molar-refractivity contribution in [1.29, 1.82) is 0 Å². The van der Waals surface area contributed by atoms with Crippen LogP contribution < -0.4 is 4.90 Å². The zero-order chi connectivity index (χ0) is 14.0. The van der Waals surface area contributed by atoms with E-state index in [1.165, 1.54) is 6.20 Å². The SMILES string of the molecule is CCC1(C(=O)O)CCN(c2ncc([N+](=O)[O-])s2)CC1. The van der Waals surface area contributed by atoms with Crippen molar-refractivity contribution in [2.75, 3.05) is 18.0 Å². The van der Waals surface area contributed by atoms with Gasteiger partial charge in [0.15, 0.2) is 5.13 Å². The second-order valence-corrected chi connectivity index (χ2v) is 5.65. The molecule has 0 radical (unpaired) electrons. The van der Waals surface area contributed by atoms with Crippen LogP contribution >= 0.6 is 11.3 Å². The summed E-state index contributed by atoms with van der Waals surface area (Å²) in [6.07, 6.45) is 2.95. The van der Waals surface area contributed by atoms with Gasteiger partial charge in [-0.15, -0.1) is 0 Å². The molecule has 0 unspecified atom stereocenters. The molecule has 8 heteroatoms. The molecule has 0 atom stereocenters. The summed E-state index contributed by atoms with van der Waals surface area (Å²) in [7, 11) is 0. The van der Waals surface area contributed by atoms with Crippen molar-refractivity contribution in [2.24, 2.45) is 5.41 Å². The fourth-order valence-corrected chi connectivity index (χ4v) is 3.12. The highest BCUT2D eigenvalue weighted by molar-refractivity contribution is 7.18. The number of nitro groups is 1. The lowest BCUT2D eigenvalue weighted by atomic mass is 9.76. The molecule has 1 aliphatic heterocycles. The Morgan fingerprint density at radius 3 is 2.68 bits per heavy atom. The minimum absolute atomic E-state index is 0.0144. The maximum absolute atomic E-state index is 11.3. The molecule has 1 aromatic heterocycles. The number of hydrogen-bond acceptors (Lipinski definition) is 6. The number of piperidine rings is 1. The molecule has 0 amide bonds. The Kier molecular flexibility index (Phi) is 3.70. The zero-order valence-corrected chi connectivity index (χ0v) is 11.4. The van der Waals surface area contributed by atoms with Gasteiger partial charge in [0.05, 0.1) is 10.3 Å². The summed E-state index contributed by atoms with van der Waals surface area (Å²) < 4.78 is 0. The molecule has 1 fully saturated rings. The number of rotatable bonds is 4. The van der Waals surface area contributed by atoms with E-state index in [4.69, 9.17) is 0 Å². The van der Waals surface area contributed by atoms with Crippen molar-refractivity contribution in [3.05, 3.63) is 16.3 Å². The van der Waals surface area contributed by atoms with Gasteiger partial charge in [-0.3, -0.25) is 14.9 Å². The largest absolute Gasteiger partial charge is 0.481 e. The fraction of sp³-hybridized carbons (Fsp3) is 0.636. The van der Waals surface area contributed by atoms with Crippen LogP contribution in [0.5, 0.6) is 0 Å². The monoisotopic (exact) mass is 285 g/mol. The summed E-state index contributed by atoms with van der Waals surface area (Å²) in [5.41, 5.74) is -0.653. The van der Waals surface area contributed by atoms with Gasteiger partial charge < -0.3 is 10.0 Å². The number of carboxylic acids is 1. The van der Waals surface area contributed by atoms with Crippen LogP contribution in [0, 0.1) is 15.5 Å². The zero-order valence-electron chi connectivity index (χ0n) is 10.5. The predicted octanol–water partition coefficient (Wildman–Crippen LogP) is 2.13. The average Bonchev–Trinajstić information content (AvgIpc) is 2.88. The van der Waals surface area contributed by atoms with E-state index in [2.05, 4.69) is 4.98 Å². The number of hydrogen-bond donors (Lipinski definition) is 1. The molecule has 19 heavy (non-hydrogen) atoms. The highest BCUT2D eigenvalue weighted by Crippen LogP contribution is 2.38. The number of thiazole rings is 1. The molecule has 1 N–H and O–H groups in total. The van der Waals surface area contributed by atoms with Crippen LogP contribution in [-0.4, -0.2) is 34.1 Å². The van der Waals surface area contributed by atoms with Crippen molar-refractivity contribution < 1.29 is 14.8 Å². The molecule has 2 rings (SSSR count). The number of aliphatic carboxylic acids is 1. The first-order valence-electron chi connectivity index (χ1n) is 6.07. The summed E-state index contributed by atoms with van der Waals surface area (Å²) in [4.78, 5) is 27.4. The third kappa shape index (κ3) is 2.53. The van der Waals surface area contributed by atoms with Crippen LogP contribution in [0.4, 0.5) is 10.1 Å². The third-order valence-corrected chi connectivity index (χ3v) is 4.79. The molecular weight excluding hydrogens is 270 g/mol. The number of carbonyl (C=O) groups is 1. The maximum Gasteiger partial charge on any atom is 0.345 e. The smallest absolute Gasteiger partial charge is 0.345 e. The Bertz CT molecular complexity index is 494. The van der Waals surface area contributed by atoms with Gasteiger partial charge in [-0.1, -0.05) is 6.92 Å². The Labute approximate surface area is 114 Å². The number of anilines is 1. The normalized spacial score (nSPS) is 18.3. The lowest BCUT2D eigenvalue weighted by Gasteiger charge is -2.38. The lowest BCUT2D eigenvalue weighted by Crippen LogP contribution is -2.44. The highest BCUT2D eigenvalue weighted by Gasteiger charge is 2.40. The minimum Gasteiger partial charge on any atom is -0.481 e. The van der Waals surface area contributed by atoms with Crippen LogP contribution in [0.2, 0.25) is 0 Å². The molecular formula is C11H15N3O4S. The third-order valence-electron chi connectivity index (χ3n) is 3.78. The quantitative estimate of drug-likeness (QED) is 0.672. The van der Waals surface area contributed by atoms with Gasteiger partial charge in [-0.25, -0.2) is 4.98 Å². The van der Waals surface area contributed by atoms with Gasteiger partial charge in [-0.05, 0) is 30.6 Å². The Morgan fingerprint density at radius 1 is 1.63 bits per heavy atom. The molecule has 104 valence electrons. The fourth-order valence-electron chi connectivity index (χ4n) is 2.33. The molecule has 0 aliphatic carbocycles.